The molecule has 0 radical (unpaired) electrons. The van der Waals surface area contributed by atoms with Gasteiger partial charge in [0.25, 0.3) is 0 Å². The number of hydrogen-bond acceptors (Lipinski definition) is 4. The zero-order valence-corrected chi connectivity index (χ0v) is 14.8. The number of hydrogen-bond donors (Lipinski definition) is 1. The minimum absolute atomic E-state index is 0.255. The van der Waals surface area contributed by atoms with Crippen LogP contribution in [0.15, 0.2) is 42.9 Å². The number of amides is 1. The van der Waals surface area contributed by atoms with E-state index in [0.29, 0.717) is 12.3 Å². The third kappa shape index (κ3) is 3.59. The smallest absolute Gasteiger partial charge is 0.222 e. The first-order valence-corrected chi connectivity index (χ1v) is 9.27. The predicted octanol–water partition coefficient (Wildman–Crippen LogP) is 3.08. The molecule has 1 aliphatic heterocycles. The molecule has 3 aromatic rings. The molecule has 0 bridgehead atoms. The topological polar surface area (TPSA) is 74.8 Å². The van der Waals surface area contributed by atoms with E-state index in [2.05, 4.69) is 26.2 Å². The highest BCUT2D eigenvalue weighted by Crippen LogP contribution is 2.30. The average molecular weight is 349 g/mol. The Balaban J connectivity index is 1.36. The first kappa shape index (κ1) is 16.7. The van der Waals surface area contributed by atoms with Gasteiger partial charge in [0.15, 0.2) is 5.65 Å². The highest BCUT2D eigenvalue weighted by atomic mass is 16.2. The Labute approximate surface area is 152 Å². The standard InChI is InChI=1S/C20H23N5O/c26-18(7-1-4-15-8-11-21-12-9-15)25-13-3-5-16(14-25)19-17-6-2-10-22-20(17)24-23-19/h2,6,8-12,16H,1,3-5,7,13-14H2,(H,22,23,24)/t16-/m0/s1. The van der Waals surface area contributed by atoms with Crippen molar-refractivity contribution in [3.8, 4) is 0 Å². The normalized spacial score (nSPS) is 17.5. The Bertz CT molecular complexity index is 876. The quantitative estimate of drug-likeness (QED) is 0.768. The number of H-pyrrole nitrogens is 1. The maximum atomic E-state index is 12.6. The fourth-order valence-corrected chi connectivity index (χ4v) is 3.77. The summed E-state index contributed by atoms with van der Waals surface area (Å²) in [5, 5.41) is 8.53. The lowest BCUT2D eigenvalue weighted by molar-refractivity contribution is -0.132. The first-order chi connectivity index (χ1) is 12.8. The Kier molecular flexibility index (Phi) is 4.91. The van der Waals surface area contributed by atoms with Gasteiger partial charge in [-0.15, -0.1) is 0 Å². The molecule has 6 nitrogen and oxygen atoms in total. The zero-order chi connectivity index (χ0) is 17.8. The molecule has 1 saturated heterocycles. The number of aryl methyl sites for hydroxylation is 1. The van der Waals surface area contributed by atoms with E-state index >= 15 is 0 Å². The summed E-state index contributed by atoms with van der Waals surface area (Å²) in [7, 11) is 0. The van der Waals surface area contributed by atoms with Gasteiger partial charge in [-0.2, -0.15) is 5.10 Å². The molecule has 4 heterocycles. The van der Waals surface area contributed by atoms with Crippen LogP contribution < -0.4 is 0 Å². The number of piperidine rings is 1. The lowest BCUT2D eigenvalue weighted by Gasteiger charge is -2.32. The second-order valence-corrected chi connectivity index (χ2v) is 6.90. The fourth-order valence-electron chi connectivity index (χ4n) is 3.77. The Morgan fingerprint density at radius 1 is 1.23 bits per heavy atom. The van der Waals surface area contributed by atoms with Crippen molar-refractivity contribution in [3.05, 3.63) is 54.1 Å². The van der Waals surface area contributed by atoms with Gasteiger partial charge in [-0.3, -0.25) is 14.9 Å². The van der Waals surface area contributed by atoms with Crippen molar-refractivity contribution >= 4 is 16.9 Å². The van der Waals surface area contributed by atoms with Gasteiger partial charge < -0.3 is 4.90 Å². The van der Waals surface area contributed by atoms with Gasteiger partial charge in [-0.1, -0.05) is 0 Å². The zero-order valence-electron chi connectivity index (χ0n) is 14.8. The monoisotopic (exact) mass is 349 g/mol. The summed E-state index contributed by atoms with van der Waals surface area (Å²) in [6.07, 6.45) is 9.86. The molecule has 26 heavy (non-hydrogen) atoms. The minimum Gasteiger partial charge on any atom is -0.342 e. The molecule has 3 aromatic heterocycles. The van der Waals surface area contributed by atoms with E-state index in [4.69, 9.17) is 0 Å². The number of fused-ring (bicyclic) bond motifs is 1. The van der Waals surface area contributed by atoms with Crippen molar-refractivity contribution in [2.24, 2.45) is 0 Å². The molecule has 1 fully saturated rings. The first-order valence-electron chi connectivity index (χ1n) is 9.27. The second-order valence-electron chi connectivity index (χ2n) is 6.90. The van der Waals surface area contributed by atoms with E-state index in [0.717, 1.165) is 55.5 Å². The molecule has 1 atom stereocenters. The Morgan fingerprint density at radius 3 is 3.00 bits per heavy atom. The number of nitrogens with one attached hydrogen (secondary N) is 1. The number of pyridine rings is 2. The number of likely N-dealkylation sites (tertiary alicyclic amines) is 1. The molecule has 4 rings (SSSR count). The molecule has 0 unspecified atom stereocenters. The van der Waals surface area contributed by atoms with Gasteiger partial charge in [-0.05, 0) is 55.5 Å². The van der Waals surface area contributed by atoms with E-state index in [1.54, 1.807) is 18.6 Å². The second kappa shape index (κ2) is 7.64. The molecule has 1 aliphatic rings. The number of carbonyl (C=O) groups excluding carboxylic acids is 1. The number of aromatic amines is 1. The van der Waals surface area contributed by atoms with Gasteiger partial charge in [0.2, 0.25) is 5.91 Å². The van der Waals surface area contributed by atoms with Crippen LogP contribution in [-0.4, -0.2) is 44.1 Å². The van der Waals surface area contributed by atoms with Gasteiger partial charge in [-0.25, -0.2) is 4.98 Å². The van der Waals surface area contributed by atoms with Crippen molar-refractivity contribution in [2.45, 2.75) is 38.0 Å². The lowest BCUT2D eigenvalue weighted by Crippen LogP contribution is -2.39. The van der Waals surface area contributed by atoms with Crippen molar-refractivity contribution in [3.63, 3.8) is 0 Å². The number of carbonyl (C=O) groups is 1. The maximum Gasteiger partial charge on any atom is 0.222 e. The molecule has 134 valence electrons. The van der Waals surface area contributed by atoms with E-state index < -0.39 is 0 Å². The fraction of sp³-hybridized carbons (Fsp3) is 0.400. The summed E-state index contributed by atoms with van der Waals surface area (Å²) in [4.78, 5) is 23.0. The van der Waals surface area contributed by atoms with Crippen LogP contribution in [0.2, 0.25) is 0 Å². The summed E-state index contributed by atoms with van der Waals surface area (Å²) < 4.78 is 0. The Hall–Kier alpha value is -2.76. The Morgan fingerprint density at radius 2 is 2.12 bits per heavy atom. The van der Waals surface area contributed by atoms with Crippen molar-refractivity contribution in [2.75, 3.05) is 13.1 Å². The molecule has 1 amide bonds. The molecule has 6 heteroatoms. The molecule has 1 N–H and O–H groups in total. The third-order valence-corrected chi connectivity index (χ3v) is 5.15. The third-order valence-electron chi connectivity index (χ3n) is 5.15. The molecule has 0 aliphatic carbocycles. The molecule has 0 saturated carbocycles. The summed E-state index contributed by atoms with van der Waals surface area (Å²) >= 11 is 0. The highest BCUT2D eigenvalue weighted by molar-refractivity contribution is 5.79. The van der Waals surface area contributed by atoms with Crippen molar-refractivity contribution < 1.29 is 4.79 Å². The van der Waals surface area contributed by atoms with E-state index in [-0.39, 0.29) is 5.91 Å². The number of aromatic nitrogens is 4. The van der Waals surface area contributed by atoms with E-state index in [1.165, 1.54) is 5.56 Å². The molecular weight excluding hydrogens is 326 g/mol. The van der Waals surface area contributed by atoms with Gasteiger partial charge in [0.1, 0.15) is 0 Å². The van der Waals surface area contributed by atoms with E-state index in [9.17, 15) is 4.79 Å². The number of nitrogens with zero attached hydrogens (tertiary/aromatic N) is 4. The molecular formula is C20H23N5O. The van der Waals surface area contributed by atoms with Crippen molar-refractivity contribution in [1.82, 2.24) is 25.1 Å². The predicted molar refractivity (Wildman–Crippen MR) is 99.6 cm³/mol. The molecule has 0 aromatic carbocycles. The average Bonchev–Trinajstić information content (AvgIpc) is 3.13. The largest absolute Gasteiger partial charge is 0.342 e. The van der Waals surface area contributed by atoms with Crippen LogP contribution in [0.3, 0.4) is 0 Å². The van der Waals surface area contributed by atoms with Gasteiger partial charge >= 0.3 is 0 Å². The highest BCUT2D eigenvalue weighted by Gasteiger charge is 2.26. The van der Waals surface area contributed by atoms with Crippen LogP contribution in [-0.2, 0) is 11.2 Å². The van der Waals surface area contributed by atoms with Crippen LogP contribution in [0.25, 0.3) is 11.0 Å². The summed E-state index contributed by atoms with van der Waals surface area (Å²) in [5.74, 6) is 0.563. The van der Waals surface area contributed by atoms with Crippen LogP contribution in [0, 0.1) is 0 Å². The SMILES string of the molecule is O=C(CCCc1ccncc1)N1CCC[C@H](c2[nH]nc3ncccc23)C1. The number of rotatable bonds is 5. The lowest BCUT2D eigenvalue weighted by atomic mass is 9.93. The van der Waals surface area contributed by atoms with Gasteiger partial charge in [0.05, 0.1) is 0 Å². The van der Waals surface area contributed by atoms with E-state index in [1.807, 2.05) is 23.1 Å². The van der Waals surface area contributed by atoms with Gasteiger partial charge in [0, 0.05) is 55.1 Å². The summed E-state index contributed by atoms with van der Waals surface area (Å²) in [6, 6.07) is 8.01. The van der Waals surface area contributed by atoms with Crippen LogP contribution in [0.1, 0.15) is 42.9 Å². The van der Waals surface area contributed by atoms with Crippen LogP contribution in [0.4, 0.5) is 0 Å². The minimum atomic E-state index is 0.255. The maximum absolute atomic E-state index is 12.6. The van der Waals surface area contributed by atoms with Crippen LogP contribution >= 0.6 is 0 Å². The summed E-state index contributed by atoms with van der Waals surface area (Å²) in [6.45, 7) is 1.62. The summed E-state index contributed by atoms with van der Waals surface area (Å²) in [5.41, 5.74) is 3.10. The van der Waals surface area contributed by atoms with Crippen molar-refractivity contribution in [1.29, 1.82) is 0 Å². The van der Waals surface area contributed by atoms with Crippen LogP contribution in [0.5, 0.6) is 0 Å². The molecule has 0 spiro atoms.